The van der Waals surface area contributed by atoms with Crippen molar-refractivity contribution in [3.05, 3.63) is 28.6 Å². The highest BCUT2D eigenvalue weighted by atomic mass is 32.2. The third kappa shape index (κ3) is 3.34. The summed E-state index contributed by atoms with van der Waals surface area (Å²) in [7, 11) is 1.66. The first-order valence-electron chi connectivity index (χ1n) is 5.52. The second-order valence-corrected chi connectivity index (χ2v) is 6.82. The number of rotatable bonds is 5. The number of thiazole rings is 1. The van der Waals surface area contributed by atoms with Gasteiger partial charge in [-0.1, -0.05) is 6.07 Å². The minimum absolute atomic E-state index is 0.0399. The number of nitrogens with zero attached hydrogens (tertiary/aromatic N) is 1. The molecule has 2 rings (SSSR count). The molecule has 18 heavy (non-hydrogen) atoms. The zero-order valence-electron chi connectivity index (χ0n) is 10.2. The van der Waals surface area contributed by atoms with E-state index < -0.39 is 0 Å². The number of nitrogens with one attached hydrogen (secondary N) is 1. The van der Waals surface area contributed by atoms with E-state index in [1.165, 1.54) is 4.88 Å². The minimum Gasteiger partial charge on any atom is -0.358 e. The molecule has 1 unspecified atom stereocenters. The summed E-state index contributed by atoms with van der Waals surface area (Å²) in [4.78, 5) is 17.2. The van der Waals surface area contributed by atoms with Crippen molar-refractivity contribution in [3.63, 3.8) is 0 Å². The van der Waals surface area contributed by atoms with E-state index >= 15 is 0 Å². The number of hydrogen-bond acceptors (Lipinski definition) is 5. The molecular formula is C12H14N2OS3. The van der Waals surface area contributed by atoms with Crippen LogP contribution in [0.25, 0.3) is 9.88 Å². The molecule has 1 N–H and O–H groups in total. The van der Waals surface area contributed by atoms with Crippen LogP contribution in [-0.2, 0) is 10.5 Å². The molecule has 0 radical (unpaired) electrons. The second kappa shape index (κ2) is 6.36. The van der Waals surface area contributed by atoms with Crippen molar-refractivity contribution < 1.29 is 4.79 Å². The van der Waals surface area contributed by atoms with Crippen LogP contribution in [0.4, 0.5) is 0 Å². The van der Waals surface area contributed by atoms with Crippen LogP contribution in [0.5, 0.6) is 0 Å². The van der Waals surface area contributed by atoms with Crippen LogP contribution in [0.1, 0.15) is 12.6 Å². The number of aromatic nitrogens is 1. The van der Waals surface area contributed by atoms with Gasteiger partial charge in [-0.05, 0) is 18.4 Å². The molecule has 0 aliphatic carbocycles. The van der Waals surface area contributed by atoms with Crippen LogP contribution in [0.2, 0.25) is 0 Å². The number of thioether (sulfide) groups is 1. The first-order valence-corrected chi connectivity index (χ1v) is 8.33. The van der Waals surface area contributed by atoms with Crippen LogP contribution in [0.15, 0.2) is 22.9 Å². The van der Waals surface area contributed by atoms with Gasteiger partial charge in [0.25, 0.3) is 0 Å². The molecule has 0 fully saturated rings. The predicted molar refractivity (Wildman–Crippen MR) is 80.3 cm³/mol. The maximum absolute atomic E-state index is 11.4. The van der Waals surface area contributed by atoms with Gasteiger partial charge in [0, 0.05) is 18.2 Å². The van der Waals surface area contributed by atoms with Gasteiger partial charge in [0.15, 0.2) is 0 Å². The molecule has 6 heteroatoms. The Morgan fingerprint density at radius 1 is 1.56 bits per heavy atom. The Morgan fingerprint density at radius 3 is 3.06 bits per heavy atom. The molecule has 2 heterocycles. The Balaban J connectivity index is 1.93. The summed E-state index contributed by atoms with van der Waals surface area (Å²) >= 11 is 4.97. The van der Waals surface area contributed by atoms with Crippen molar-refractivity contribution in [3.8, 4) is 9.88 Å². The third-order valence-corrected chi connectivity index (χ3v) is 5.49. The molecule has 0 saturated carbocycles. The van der Waals surface area contributed by atoms with Crippen molar-refractivity contribution in [1.82, 2.24) is 10.3 Å². The van der Waals surface area contributed by atoms with Crippen molar-refractivity contribution in [2.45, 2.75) is 17.9 Å². The lowest BCUT2D eigenvalue weighted by atomic mass is 10.4. The molecule has 0 aliphatic rings. The highest BCUT2D eigenvalue weighted by Gasteiger charge is 2.12. The molecule has 1 amide bonds. The van der Waals surface area contributed by atoms with Crippen molar-refractivity contribution in [2.75, 3.05) is 7.05 Å². The van der Waals surface area contributed by atoms with E-state index in [1.807, 2.05) is 13.0 Å². The SMILES string of the molecule is CNC(=O)C(C)SCc1csc(-c2cccs2)n1. The molecule has 96 valence electrons. The maximum Gasteiger partial charge on any atom is 0.232 e. The fourth-order valence-corrected chi connectivity index (χ4v) is 3.95. The highest BCUT2D eigenvalue weighted by Crippen LogP contribution is 2.29. The molecule has 3 nitrogen and oxygen atoms in total. The van der Waals surface area contributed by atoms with E-state index in [9.17, 15) is 4.79 Å². The fourth-order valence-electron chi connectivity index (χ4n) is 1.38. The summed E-state index contributed by atoms with van der Waals surface area (Å²) in [6.07, 6.45) is 0. The van der Waals surface area contributed by atoms with Crippen molar-refractivity contribution in [2.24, 2.45) is 0 Å². The minimum atomic E-state index is -0.0399. The highest BCUT2D eigenvalue weighted by molar-refractivity contribution is 7.99. The lowest BCUT2D eigenvalue weighted by Gasteiger charge is -2.07. The maximum atomic E-state index is 11.4. The topological polar surface area (TPSA) is 42.0 Å². The Labute approximate surface area is 119 Å². The standard InChI is InChI=1S/C12H14N2OS3/c1-8(11(15)13-2)17-6-9-7-18-12(14-9)10-4-3-5-16-10/h3-5,7-8H,6H2,1-2H3,(H,13,15). The van der Waals surface area contributed by atoms with Gasteiger partial charge in [-0.25, -0.2) is 4.98 Å². The molecule has 0 bridgehead atoms. The number of carbonyl (C=O) groups is 1. The van der Waals surface area contributed by atoms with E-state index in [-0.39, 0.29) is 11.2 Å². The summed E-state index contributed by atoms with van der Waals surface area (Å²) in [6.45, 7) is 1.91. The molecule has 0 spiro atoms. The van der Waals surface area contributed by atoms with Gasteiger partial charge in [-0.15, -0.1) is 34.4 Å². The fraction of sp³-hybridized carbons (Fsp3) is 0.333. The second-order valence-electron chi connectivity index (χ2n) is 3.69. The first-order chi connectivity index (χ1) is 8.70. The number of amides is 1. The number of hydrogen-bond donors (Lipinski definition) is 1. The lowest BCUT2D eigenvalue weighted by molar-refractivity contribution is -0.119. The van der Waals surface area contributed by atoms with Gasteiger partial charge in [-0.3, -0.25) is 4.79 Å². The Bertz CT molecular complexity index is 507. The van der Waals surface area contributed by atoms with Crippen LogP contribution in [0.3, 0.4) is 0 Å². The van der Waals surface area contributed by atoms with Gasteiger partial charge in [0.2, 0.25) is 5.91 Å². The summed E-state index contributed by atoms with van der Waals surface area (Å²) in [5, 5.41) is 7.80. The molecule has 1 atom stereocenters. The van der Waals surface area contributed by atoms with Crippen LogP contribution in [0, 0.1) is 0 Å². The molecule has 0 aliphatic heterocycles. The normalized spacial score (nSPS) is 12.3. The Kier molecular flexibility index (Phi) is 4.79. The largest absolute Gasteiger partial charge is 0.358 e. The van der Waals surface area contributed by atoms with Crippen molar-refractivity contribution in [1.29, 1.82) is 0 Å². The van der Waals surface area contributed by atoms with Gasteiger partial charge in [0.1, 0.15) is 5.01 Å². The number of carbonyl (C=O) groups excluding carboxylic acids is 1. The van der Waals surface area contributed by atoms with E-state index in [4.69, 9.17) is 0 Å². The predicted octanol–water partition coefficient (Wildman–Crippen LogP) is 3.24. The smallest absolute Gasteiger partial charge is 0.232 e. The van der Waals surface area contributed by atoms with E-state index in [1.54, 1.807) is 41.5 Å². The van der Waals surface area contributed by atoms with Gasteiger partial charge in [-0.2, -0.15) is 0 Å². The van der Waals surface area contributed by atoms with Gasteiger partial charge >= 0.3 is 0 Å². The average Bonchev–Trinajstić information content (AvgIpc) is 3.04. The molecule has 0 aromatic carbocycles. The van der Waals surface area contributed by atoms with Crippen LogP contribution < -0.4 is 5.32 Å². The summed E-state index contributed by atoms with van der Waals surface area (Å²) < 4.78 is 0. The summed E-state index contributed by atoms with van der Waals surface area (Å²) in [5.74, 6) is 0.838. The van der Waals surface area contributed by atoms with Crippen LogP contribution >= 0.6 is 34.4 Å². The van der Waals surface area contributed by atoms with Crippen molar-refractivity contribution >= 4 is 40.3 Å². The van der Waals surface area contributed by atoms with Gasteiger partial charge < -0.3 is 5.32 Å². The first kappa shape index (κ1) is 13.6. The quantitative estimate of drug-likeness (QED) is 0.921. The van der Waals surface area contributed by atoms with E-state index in [0.29, 0.717) is 0 Å². The van der Waals surface area contributed by atoms with Crippen LogP contribution in [-0.4, -0.2) is 23.2 Å². The van der Waals surface area contributed by atoms with Gasteiger partial charge in [0.05, 0.1) is 15.8 Å². The molecular weight excluding hydrogens is 284 g/mol. The average molecular weight is 298 g/mol. The zero-order chi connectivity index (χ0) is 13.0. The zero-order valence-corrected chi connectivity index (χ0v) is 12.6. The van der Waals surface area contributed by atoms with E-state index in [2.05, 4.69) is 27.1 Å². The summed E-state index contributed by atoms with van der Waals surface area (Å²) in [5.41, 5.74) is 1.05. The number of thiophene rings is 1. The molecule has 2 aromatic heterocycles. The Hall–Kier alpha value is -0.850. The van der Waals surface area contributed by atoms with E-state index in [0.717, 1.165) is 16.5 Å². The third-order valence-electron chi connectivity index (χ3n) is 2.38. The Morgan fingerprint density at radius 2 is 2.39 bits per heavy atom. The summed E-state index contributed by atoms with van der Waals surface area (Å²) in [6, 6.07) is 4.11. The molecule has 2 aromatic rings. The lowest BCUT2D eigenvalue weighted by Crippen LogP contribution is -2.27. The monoisotopic (exact) mass is 298 g/mol. The molecule has 0 saturated heterocycles.